The van der Waals surface area contributed by atoms with Crippen molar-refractivity contribution in [3.63, 3.8) is 0 Å². The van der Waals surface area contributed by atoms with Crippen LogP contribution in [-0.4, -0.2) is 18.5 Å². The van der Waals surface area contributed by atoms with Crippen LogP contribution in [0.2, 0.25) is 0 Å². The maximum absolute atomic E-state index is 12.1. The topological polar surface area (TPSA) is 52.6 Å². The second-order valence-electron chi connectivity index (χ2n) is 4.88. The lowest BCUT2D eigenvalue weighted by atomic mass is 10.1. The molecule has 2 unspecified atom stereocenters. The number of benzene rings is 1. The van der Waals surface area contributed by atoms with E-state index in [0.29, 0.717) is 6.42 Å². The number of hydrogen-bond acceptors (Lipinski definition) is 4. The zero-order valence-electron chi connectivity index (χ0n) is 11.9. The zero-order chi connectivity index (χ0) is 14.5. The number of carbonyl (C=O) groups is 2. The molecule has 0 aromatic heterocycles. The highest BCUT2D eigenvalue weighted by Crippen LogP contribution is 2.34. The van der Waals surface area contributed by atoms with Crippen LogP contribution in [0.3, 0.4) is 0 Å². The number of esters is 2. The first kappa shape index (κ1) is 14.6. The first-order valence-corrected chi connectivity index (χ1v) is 7.12. The van der Waals surface area contributed by atoms with Crippen LogP contribution in [0.4, 0.5) is 0 Å². The van der Waals surface area contributed by atoms with E-state index in [1.807, 2.05) is 24.3 Å². The summed E-state index contributed by atoms with van der Waals surface area (Å²) in [5.41, 5.74) is 2.27. The highest BCUT2D eigenvalue weighted by atomic mass is 16.6. The van der Waals surface area contributed by atoms with Gasteiger partial charge in [0.25, 0.3) is 0 Å². The Labute approximate surface area is 119 Å². The minimum atomic E-state index is -0.817. The largest absolute Gasteiger partial charge is 0.465 e. The Morgan fingerprint density at radius 2 is 2.00 bits per heavy atom. The lowest BCUT2D eigenvalue weighted by Gasteiger charge is -2.17. The lowest BCUT2D eigenvalue weighted by Crippen LogP contribution is -2.28. The van der Waals surface area contributed by atoms with E-state index in [1.165, 1.54) is 5.56 Å². The van der Waals surface area contributed by atoms with E-state index in [-0.39, 0.29) is 12.7 Å². The number of fused-ring (bicyclic) bond motifs is 1. The maximum Gasteiger partial charge on any atom is 0.320 e. The van der Waals surface area contributed by atoms with E-state index >= 15 is 0 Å². The summed E-state index contributed by atoms with van der Waals surface area (Å²) in [6.07, 6.45) is 1.85. The molecule has 1 aromatic rings. The molecule has 0 saturated carbocycles. The van der Waals surface area contributed by atoms with Crippen molar-refractivity contribution in [2.75, 3.05) is 6.61 Å². The second kappa shape index (κ2) is 6.55. The maximum atomic E-state index is 12.1. The molecule has 0 saturated heterocycles. The van der Waals surface area contributed by atoms with Crippen LogP contribution in [-0.2, 0) is 25.5 Å². The van der Waals surface area contributed by atoms with Crippen molar-refractivity contribution >= 4 is 11.9 Å². The SMILES string of the molecule is CCOC(=O)C(CC)C(=O)OC1CCc2ccccc21. The van der Waals surface area contributed by atoms with Crippen LogP contribution in [0.5, 0.6) is 0 Å². The van der Waals surface area contributed by atoms with Crippen molar-refractivity contribution in [2.45, 2.75) is 39.2 Å². The first-order chi connectivity index (χ1) is 9.67. The molecule has 0 aliphatic heterocycles. The quantitative estimate of drug-likeness (QED) is 0.613. The van der Waals surface area contributed by atoms with Crippen LogP contribution in [0.1, 0.15) is 43.9 Å². The molecule has 0 fully saturated rings. The Hall–Kier alpha value is -1.84. The van der Waals surface area contributed by atoms with Crippen molar-refractivity contribution in [1.29, 1.82) is 0 Å². The fourth-order valence-corrected chi connectivity index (χ4v) is 2.54. The van der Waals surface area contributed by atoms with Crippen molar-refractivity contribution in [3.05, 3.63) is 35.4 Å². The average molecular weight is 276 g/mol. The summed E-state index contributed by atoms with van der Waals surface area (Å²) in [6, 6.07) is 7.95. The number of carbonyl (C=O) groups excluding carboxylic acids is 2. The molecule has 4 nitrogen and oxygen atoms in total. The third kappa shape index (κ3) is 3.00. The van der Waals surface area contributed by atoms with Crippen LogP contribution < -0.4 is 0 Å². The van der Waals surface area contributed by atoms with E-state index in [9.17, 15) is 9.59 Å². The van der Waals surface area contributed by atoms with Gasteiger partial charge >= 0.3 is 11.9 Å². The third-order valence-electron chi connectivity index (χ3n) is 3.60. The van der Waals surface area contributed by atoms with E-state index in [1.54, 1.807) is 13.8 Å². The Balaban J connectivity index is 2.03. The highest BCUT2D eigenvalue weighted by Gasteiger charge is 2.32. The smallest absolute Gasteiger partial charge is 0.320 e. The third-order valence-corrected chi connectivity index (χ3v) is 3.60. The van der Waals surface area contributed by atoms with Crippen LogP contribution in [0.25, 0.3) is 0 Å². The molecular formula is C16H20O4. The Morgan fingerprint density at radius 1 is 1.25 bits per heavy atom. The Bertz CT molecular complexity index is 495. The molecule has 0 heterocycles. The van der Waals surface area contributed by atoms with Gasteiger partial charge in [-0.3, -0.25) is 9.59 Å². The van der Waals surface area contributed by atoms with Gasteiger partial charge in [-0.15, -0.1) is 0 Å². The predicted octanol–water partition coefficient (Wildman–Crippen LogP) is 2.81. The van der Waals surface area contributed by atoms with Crippen molar-refractivity contribution in [3.8, 4) is 0 Å². The standard InChI is InChI=1S/C16H20O4/c1-3-12(15(17)19-4-2)16(18)20-14-10-9-11-7-5-6-8-13(11)14/h5-8,12,14H,3-4,9-10H2,1-2H3. The van der Waals surface area contributed by atoms with Crippen molar-refractivity contribution < 1.29 is 19.1 Å². The summed E-state index contributed by atoms with van der Waals surface area (Å²) in [7, 11) is 0. The zero-order valence-corrected chi connectivity index (χ0v) is 11.9. The summed E-state index contributed by atoms with van der Waals surface area (Å²) in [5, 5.41) is 0. The number of hydrogen-bond donors (Lipinski definition) is 0. The first-order valence-electron chi connectivity index (χ1n) is 7.12. The summed E-state index contributed by atoms with van der Waals surface area (Å²) in [4.78, 5) is 23.8. The fraction of sp³-hybridized carbons (Fsp3) is 0.500. The van der Waals surface area contributed by atoms with Crippen LogP contribution >= 0.6 is 0 Å². The van der Waals surface area contributed by atoms with E-state index in [4.69, 9.17) is 9.47 Å². The molecule has 20 heavy (non-hydrogen) atoms. The van der Waals surface area contributed by atoms with Crippen LogP contribution in [0.15, 0.2) is 24.3 Å². The van der Waals surface area contributed by atoms with E-state index < -0.39 is 17.9 Å². The van der Waals surface area contributed by atoms with Gasteiger partial charge in [0.15, 0.2) is 5.92 Å². The van der Waals surface area contributed by atoms with Crippen molar-refractivity contribution in [1.82, 2.24) is 0 Å². The molecule has 2 rings (SSSR count). The van der Waals surface area contributed by atoms with Gasteiger partial charge in [-0.2, -0.15) is 0 Å². The van der Waals surface area contributed by atoms with Gasteiger partial charge in [0, 0.05) is 0 Å². The van der Waals surface area contributed by atoms with Gasteiger partial charge in [0.2, 0.25) is 0 Å². The minimum Gasteiger partial charge on any atom is -0.465 e. The molecule has 4 heteroatoms. The molecule has 0 bridgehead atoms. The number of ether oxygens (including phenoxy) is 2. The monoisotopic (exact) mass is 276 g/mol. The van der Waals surface area contributed by atoms with Gasteiger partial charge in [0.1, 0.15) is 6.10 Å². The molecule has 0 amide bonds. The predicted molar refractivity (Wildman–Crippen MR) is 74.0 cm³/mol. The number of aryl methyl sites for hydroxylation is 1. The van der Waals surface area contributed by atoms with Gasteiger partial charge in [-0.25, -0.2) is 0 Å². The summed E-state index contributed by atoms with van der Waals surface area (Å²) in [5.74, 6) is -1.79. The number of rotatable bonds is 5. The van der Waals surface area contributed by atoms with E-state index in [0.717, 1.165) is 18.4 Å². The molecule has 108 valence electrons. The normalized spacial score (nSPS) is 18.2. The summed E-state index contributed by atoms with van der Waals surface area (Å²) < 4.78 is 10.4. The molecular weight excluding hydrogens is 256 g/mol. The summed E-state index contributed by atoms with van der Waals surface area (Å²) in [6.45, 7) is 3.78. The lowest BCUT2D eigenvalue weighted by molar-refractivity contribution is -0.165. The molecule has 2 atom stereocenters. The van der Waals surface area contributed by atoms with Crippen LogP contribution in [0, 0.1) is 5.92 Å². The fourth-order valence-electron chi connectivity index (χ4n) is 2.54. The molecule has 1 aromatic carbocycles. The average Bonchev–Trinajstić information content (AvgIpc) is 2.83. The van der Waals surface area contributed by atoms with Crippen molar-refractivity contribution in [2.24, 2.45) is 5.92 Å². The molecule has 0 spiro atoms. The Morgan fingerprint density at radius 3 is 2.70 bits per heavy atom. The summed E-state index contributed by atoms with van der Waals surface area (Å²) >= 11 is 0. The van der Waals surface area contributed by atoms with E-state index in [2.05, 4.69) is 0 Å². The molecule has 1 aliphatic carbocycles. The van der Waals surface area contributed by atoms with Gasteiger partial charge in [0.05, 0.1) is 6.61 Å². The molecule has 1 aliphatic rings. The highest BCUT2D eigenvalue weighted by molar-refractivity contribution is 5.94. The van der Waals surface area contributed by atoms with Gasteiger partial charge < -0.3 is 9.47 Å². The molecule has 0 N–H and O–H groups in total. The minimum absolute atomic E-state index is 0.234. The van der Waals surface area contributed by atoms with Gasteiger partial charge in [-0.05, 0) is 37.3 Å². The Kier molecular flexibility index (Phi) is 4.77. The second-order valence-corrected chi connectivity index (χ2v) is 4.88. The van der Waals surface area contributed by atoms with Gasteiger partial charge in [-0.1, -0.05) is 31.2 Å². The molecule has 0 radical (unpaired) electrons.